The molecule has 1 aliphatic rings. The molecule has 0 aliphatic heterocycles. The molecule has 1 saturated carbocycles. The van der Waals surface area contributed by atoms with Crippen LogP contribution in [-0.2, 0) is 9.84 Å². The Labute approximate surface area is 110 Å². The van der Waals surface area contributed by atoms with Crippen molar-refractivity contribution in [3.05, 3.63) is 29.8 Å². The Bertz CT molecular complexity index is 489. The van der Waals surface area contributed by atoms with Gasteiger partial charge in [0.05, 0.1) is 4.90 Å². The summed E-state index contributed by atoms with van der Waals surface area (Å²) in [5.74, 6) is 0.703. The molecule has 1 aromatic carbocycles. The van der Waals surface area contributed by atoms with Crippen molar-refractivity contribution in [1.82, 2.24) is 5.32 Å². The van der Waals surface area contributed by atoms with Crippen LogP contribution in [0.3, 0.4) is 0 Å². The first kappa shape index (κ1) is 13.6. The zero-order valence-electron chi connectivity index (χ0n) is 11.0. The van der Waals surface area contributed by atoms with E-state index in [0.29, 0.717) is 16.9 Å². The van der Waals surface area contributed by atoms with Crippen molar-refractivity contribution < 1.29 is 8.42 Å². The summed E-state index contributed by atoms with van der Waals surface area (Å²) in [5, 5.41) is 3.51. The summed E-state index contributed by atoms with van der Waals surface area (Å²) in [5.41, 5.74) is 1.20. The minimum atomic E-state index is -3.09. The average Bonchev–Trinajstić information content (AvgIpc) is 2.25. The van der Waals surface area contributed by atoms with Gasteiger partial charge in [-0.25, -0.2) is 8.42 Å². The summed E-state index contributed by atoms with van der Waals surface area (Å²) < 4.78 is 22.9. The molecule has 4 heteroatoms. The number of sulfone groups is 1. The van der Waals surface area contributed by atoms with E-state index in [1.807, 2.05) is 12.1 Å². The summed E-state index contributed by atoms with van der Waals surface area (Å²) in [6.45, 7) is 3.05. The van der Waals surface area contributed by atoms with Gasteiger partial charge in [0.25, 0.3) is 0 Å². The molecule has 3 nitrogen and oxygen atoms in total. The predicted octanol–water partition coefficient (Wildman–Crippen LogP) is 2.54. The van der Waals surface area contributed by atoms with Gasteiger partial charge < -0.3 is 5.32 Å². The number of nitrogens with one attached hydrogen (secondary N) is 1. The second-order valence-corrected chi connectivity index (χ2v) is 7.08. The number of hydrogen-bond donors (Lipinski definition) is 1. The fraction of sp³-hybridized carbons (Fsp3) is 0.571. The van der Waals surface area contributed by atoms with Crippen molar-refractivity contribution in [3.63, 3.8) is 0 Å². The van der Waals surface area contributed by atoms with Crippen molar-refractivity contribution in [3.8, 4) is 0 Å². The van der Waals surface area contributed by atoms with Gasteiger partial charge in [-0.1, -0.05) is 25.5 Å². The van der Waals surface area contributed by atoms with Crippen molar-refractivity contribution >= 4 is 9.84 Å². The largest absolute Gasteiger partial charge is 0.310 e. The third-order valence-electron chi connectivity index (χ3n) is 3.71. The number of hydrogen-bond acceptors (Lipinski definition) is 3. The topological polar surface area (TPSA) is 46.2 Å². The Morgan fingerprint density at radius 2 is 1.89 bits per heavy atom. The molecule has 0 amide bonds. The molecule has 1 fully saturated rings. The second-order valence-electron chi connectivity index (χ2n) is 5.07. The molecule has 1 unspecified atom stereocenters. The molecule has 1 aliphatic carbocycles. The molecule has 1 aromatic rings. The average molecular weight is 267 g/mol. The molecule has 0 heterocycles. The quantitative estimate of drug-likeness (QED) is 0.891. The van der Waals surface area contributed by atoms with E-state index < -0.39 is 9.84 Å². The van der Waals surface area contributed by atoms with Gasteiger partial charge in [0, 0.05) is 12.3 Å². The first-order valence-corrected chi connectivity index (χ1v) is 8.45. The highest BCUT2D eigenvalue weighted by Gasteiger charge is 2.27. The molecular formula is C14H21NO2S. The fourth-order valence-corrected chi connectivity index (χ4v) is 3.10. The lowest BCUT2D eigenvalue weighted by atomic mass is 9.77. The Kier molecular flexibility index (Phi) is 4.07. The smallest absolute Gasteiger partial charge is 0.175 e. The van der Waals surface area contributed by atoms with Crippen molar-refractivity contribution in [2.75, 3.05) is 12.8 Å². The van der Waals surface area contributed by atoms with Crippen LogP contribution < -0.4 is 5.32 Å². The molecule has 2 rings (SSSR count). The van der Waals surface area contributed by atoms with E-state index in [-0.39, 0.29) is 0 Å². The minimum absolute atomic E-state index is 0.373. The molecule has 1 N–H and O–H groups in total. The zero-order chi connectivity index (χ0) is 13.2. The van der Waals surface area contributed by atoms with Gasteiger partial charge in [0.2, 0.25) is 0 Å². The molecule has 0 spiro atoms. The Morgan fingerprint density at radius 1 is 1.28 bits per heavy atom. The summed E-state index contributed by atoms with van der Waals surface area (Å²) in [6.07, 6.45) is 5.10. The van der Waals surface area contributed by atoms with E-state index in [4.69, 9.17) is 0 Å². The van der Waals surface area contributed by atoms with Crippen LogP contribution in [0.15, 0.2) is 29.2 Å². The molecule has 18 heavy (non-hydrogen) atoms. The van der Waals surface area contributed by atoms with Crippen molar-refractivity contribution in [2.24, 2.45) is 5.92 Å². The van der Waals surface area contributed by atoms with Crippen LogP contribution in [0, 0.1) is 5.92 Å². The standard InChI is InChI=1S/C14H21NO2S/c1-3-15-14(11-5-4-6-11)12-7-9-13(10-8-12)18(2,16)17/h7-11,14-15H,3-6H2,1-2H3. The molecule has 100 valence electrons. The maximum Gasteiger partial charge on any atom is 0.175 e. The van der Waals surface area contributed by atoms with E-state index >= 15 is 0 Å². The fourth-order valence-electron chi connectivity index (χ4n) is 2.47. The van der Waals surface area contributed by atoms with Gasteiger partial charge in [0.1, 0.15) is 0 Å². The monoisotopic (exact) mass is 267 g/mol. The summed E-state index contributed by atoms with van der Waals surface area (Å²) >= 11 is 0. The van der Waals surface area contributed by atoms with Gasteiger partial charge in [-0.3, -0.25) is 0 Å². The highest BCUT2D eigenvalue weighted by molar-refractivity contribution is 7.90. The molecule has 1 atom stereocenters. The van der Waals surface area contributed by atoms with Crippen molar-refractivity contribution in [2.45, 2.75) is 37.1 Å². The van der Waals surface area contributed by atoms with Gasteiger partial charge in [0.15, 0.2) is 9.84 Å². The van der Waals surface area contributed by atoms with Crippen LogP contribution in [0.2, 0.25) is 0 Å². The van der Waals surface area contributed by atoms with E-state index in [1.54, 1.807) is 12.1 Å². The third kappa shape index (κ3) is 2.93. The van der Waals surface area contributed by atoms with E-state index in [0.717, 1.165) is 6.54 Å². The number of rotatable bonds is 5. The predicted molar refractivity (Wildman–Crippen MR) is 73.3 cm³/mol. The molecule has 0 aromatic heterocycles. The molecule has 0 saturated heterocycles. The zero-order valence-corrected chi connectivity index (χ0v) is 11.8. The van der Waals surface area contributed by atoms with Gasteiger partial charge >= 0.3 is 0 Å². The maximum atomic E-state index is 11.4. The maximum absolute atomic E-state index is 11.4. The van der Waals surface area contributed by atoms with E-state index in [1.165, 1.54) is 31.1 Å². The summed E-state index contributed by atoms with van der Waals surface area (Å²) in [6, 6.07) is 7.70. The van der Waals surface area contributed by atoms with Crippen molar-refractivity contribution in [1.29, 1.82) is 0 Å². The summed E-state index contributed by atoms with van der Waals surface area (Å²) in [7, 11) is -3.09. The van der Waals surface area contributed by atoms with Crippen LogP contribution in [-0.4, -0.2) is 21.2 Å². The first-order valence-electron chi connectivity index (χ1n) is 6.55. The molecular weight excluding hydrogens is 246 g/mol. The highest BCUT2D eigenvalue weighted by atomic mass is 32.2. The lowest BCUT2D eigenvalue weighted by molar-refractivity contribution is 0.233. The van der Waals surface area contributed by atoms with Crippen LogP contribution in [0.4, 0.5) is 0 Å². The number of benzene rings is 1. The van der Waals surface area contributed by atoms with Gasteiger partial charge in [-0.05, 0) is 43.0 Å². The minimum Gasteiger partial charge on any atom is -0.310 e. The Hall–Kier alpha value is -0.870. The van der Waals surface area contributed by atoms with Crippen LogP contribution in [0.25, 0.3) is 0 Å². The lowest BCUT2D eigenvalue weighted by Gasteiger charge is -2.34. The first-order chi connectivity index (χ1) is 8.52. The Morgan fingerprint density at radius 3 is 2.28 bits per heavy atom. The summed E-state index contributed by atoms with van der Waals surface area (Å²) in [4.78, 5) is 0.398. The van der Waals surface area contributed by atoms with Gasteiger partial charge in [-0.2, -0.15) is 0 Å². The highest BCUT2D eigenvalue weighted by Crippen LogP contribution is 2.37. The third-order valence-corrected chi connectivity index (χ3v) is 4.84. The lowest BCUT2D eigenvalue weighted by Crippen LogP contribution is -2.32. The second kappa shape index (κ2) is 5.41. The van der Waals surface area contributed by atoms with E-state index in [9.17, 15) is 8.42 Å². The SMILES string of the molecule is CCNC(c1ccc(S(C)(=O)=O)cc1)C1CCC1. The normalized spacial score (nSPS) is 18.3. The van der Waals surface area contributed by atoms with Crippen LogP contribution in [0.5, 0.6) is 0 Å². The van der Waals surface area contributed by atoms with E-state index in [2.05, 4.69) is 12.2 Å². The Balaban J connectivity index is 2.20. The molecule has 0 radical (unpaired) electrons. The van der Waals surface area contributed by atoms with Crippen LogP contribution >= 0.6 is 0 Å². The molecule has 0 bridgehead atoms. The van der Waals surface area contributed by atoms with Gasteiger partial charge in [-0.15, -0.1) is 0 Å². The van der Waals surface area contributed by atoms with Crippen LogP contribution in [0.1, 0.15) is 37.8 Å².